The third-order valence-corrected chi connectivity index (χ3v) is 7.91. The predicted octanol–water partition coefficient (Wildman–Crippen LogP) is 3.14. The maximum absolute atomic E-state index is 13.1. The first-order valence-electron chi connectivity index (χ1n) is 11.2. The lowest BCUT2D eigenvalue weighted by Crippen LogP contribution is -2.56. The summed E-state index contributed by atoms with van der Waals surface area (Å²) < 4.78 is 7.56. The summed E-state index contributed by atoms with van der Waals surface area (Å²) in [6, 6.07) is 1.90. The number of aryl methyl sites for hydroxylation is 1. The van der Waals surface area contributed by atoms with E-state index in [-0.39, 0.29) is 17.4 Å². The first-order chi connectivity index (χ1) is 13.6. The fourth-order valence-electron chi connectivity index (χ4n) is 6.64. The molecular formula is C23H32N2O3. The van der Waals surface area contributed by atoms with Gasteiger partial charge in [0.05, 0.1) is 0 Å². The number of ether oxygens (including phenoxy) is 1. The number of hydrogen-bond donors (Lipinski definition) is 1. The van der Waals surface area contributed by atoms with Gasteiger partial charge < -0.3 is 14.6 Å². The lowest BCUT2D eigenvalue weighted by atomic mass is 9.54. The molecule has 28 heavy (non-hydrogen) atoms. The zero-order valence-corrected chi connectivity index (χ0v) is 16.9. The topological polar surface area (TPSA) is 60.3 Å². The standard InChI is InChI=1S/C23H32N2O3/c1-14-6-21(26)20(13-25(14)12-15-2-4-28-5-3-15)23(27)24-22-18-8-16-7-17(10-18)11-19(22)9-16/h6,13,15-19,22H,2-5,7-12H2,1H3,(H,24,27). The molecule has 1 N–H and O–H groups in total. The highest BCUT2D eigenvalue weighted by molar-refractivity contribution is 5.94. The number of amides is 1. The van der Waals surface area contributed by atoms with Crippen molar-refractivity contribution in [2.75, 3.05) is 13.2 Å². The molecule has 1 aliphatic heterocycles. The lowest BCUT2D eigenvalue weighted by molar-refractivity contribution is -0.0119. The van der Waals surface area contributed by atoms with Gasteiger partial charge in [0, 0.05) is 43.8 Å². The number of carbonyl (C=O) groups is 1. The van der Waals surface area contributed by atoms with Crippen LogP contribution in [-0.2, 0) is 11.3 Å². The molecule has 0 atom stereocenters. The van der Waals surface area contributed by atoms with Crippen LogP contribution in [-0.4, -0.2) is 29.7 Å². The highest BCUT2D eigenvalue weighted by atomic mass is 16.5. The minimum Gasteiger partial charge on any atom is -0.381 e. The number of aromatic nitrogens is 1. The van der Waals surface area contributed by atoms with Crippen LogP contribution in [0.4, 0.5) is 0 Å². The summed E-state index contributed by atoms with van der Waals surface area (Å²) in [5.74, 6) is 3.39. The predicted molar refractivity (Wildman–Crippen MR) is 107 cm³/mol. The number of hydrogen-bond acceptors (Lipinski definition) is 3. The van der Waals surface area contributed by atoms with Crippen LogP contribution in [0.25, 0.3) is 0 Å². The van der Waals surface area contributed by atoms with E-state index in [4.69, 9.17) is 4.74 Å². The monoisotopic (exact) mass is 384 g/mol. The van der Waals surface area contributed by atoms with E-state index in [2.05, 4.69) is 9.88 Å². The number of nitrogens with zero attached hydrogens (tertiary/aromatic N) is 1. The molecule has 2 heterocycles. The van der Waals surface area contributed by atoms with E-state index < -0.39 is 0 Å². The minimum atomic E-state index is -0.164. The largest absolute Gasteiger partial charge is 0.381 e. The molecule has 5 nitrogen and oxygen atoms in total. The minimum absolute atomic E-state index is 0.151. The molecule has 4 saturated carbocycles. The molecule has 0 radical (unpaired) electrons. The molecule has 5 aliphatic rings. The highest BCUT2D eigenvalue weighted by Gasteiger charge is 2.48. The highest BCUT2D eigenvalue weighted by Crippen LogP contribution is 2.53. The molecule has 0 unspecified atom stereocenters. The zero-order valence-electron chi connectivity index (χ0n) is 16.9. The molecule has 152 valence electrons. The Labute approximate surface area is 166 Å². The van der Waals surface area contributed by atoms with Crippen LogP contribution in [0.3, 0.4) is 0 Å². The molecule has 5 heteroatoms. The van der Waals surface area contributed by atoms with Crippen molar-refractivity contribution in [3.05, 3.63) is 33.7 Å². The van der Waals surface area contributed by atoms with Crippen molar-refractivity contribution < 1.29 is 9.53 Å². The second-order valence-electron chi connectivity index (χ2n) is 9.83. The third-order valence-electron chi connectivity index (χ3n) is 7.91. The Morgan fingerprint density at radius 1 is 1.11 bits per heavy atom. The van der Waals surface area contributed by atoms with Gasteiger partial charge in [-0.15, -0.1) is 0 Å². The molecule has 1 aromatic heterocycles. The smallest absolute Gasteiger partial charge is 0.256 e. The van der Waals surface area contributed by atoms with Crippen LogP contribution in [0.15, 0.2) is 17.1 Å². The number of pyridine rings is 1. The second-order valence-corrected chi connectivity index (χ2v) is 9.83. The van der Waals surface area contributed by atoms with Gasteiger partial charge in [-0.3, -0.25) is 9.59 Å². The SMILES string of the molecule is Cc1cc(=O)c(C(=O)NC2C3CC4CC(C3)CC2C4)cn1CC1CCOCC1. The molecule has 1 amide bonds. The lowest BCUT2D eigenvalue weighted by Gasteiger charge is -2.54. The fourth-order valence-corrected chi connectivity index (χ4v) is 6.64. The third kappa shape index (κ3) is 3.42. The molecule has 5 fully saturated rings. The second kappa shape index (κ2) is 7.33. The Bertz CT molecular complexity index is 781. The molecule has 0 spiro atoms. The van der Waals surface area contributed by atoms with Gasteiger partial charge in [0.25, 0.3) is 5.91 Å². The quantitative estimate of drug-likeness (QED) is 0.868. The van der Waals surface area contributed by atoms with Crippen LogP contribution < -0.4 is 10.7 Å². The fraction of sp³-hybridized carbons (Fsp3) is 0.739. The first-order valence-corrected chi connectivity index (χ1v) is 11.2. The maximum Gasteiger partial charge on any atom is 0.256 e. The average Bonchev–Trinajstić information content (AvgIpc) is 2.67. The van der Waals surface area contributed by atoms with Crippen LogP contribution in [0.1, 0.15) is 61.0 Å². The molecule has 1 saturated heterocycles. The van der Waals surface area contributed by atoms with E-state index >= 15 is 0 Å². The summed E-state index contributed by atoms with van der Waals surface area (Å²) in [4.78, 5) is 25.6. The van der Waals surface area contributed by atoms with Crippen molar-refractivity contribution in [3.8, 4) is 0 Å². The van der Waals surface area contributed by atoms with Crippen LogP contribution in [0.2, 0.25) is 0 Å². The Balaban J connectivity index is 1.33. The van der Waals surface area contributed by atoms with Crippen LogP contribution in [0.5, 0.6) is 0 Å². The van der Waals surface area contributed by atoms with Gasteiger partial charge >= 0.3 is 0 Å². The molecule has 6 rings (SSSR count). The molecule has 4 aliphatic carbocycles. The molecule has 1 aromatic rings. The van der Waals surface area contributed by atoms with E-state index in [1.54, 1.807) is 12.3 Å². The number of carbonyl (C=O) groups excluding carboxylic acids is 1. The van der Waals surface area contributed by atoms with E-state index in [0.717, 1.165) is 50.1 Å². The van der Waals surface area contributed by atoms with Gasteiger partial charge in [-0.2, -0.15) is 0 Å². The van der Waals surface area contributed by atoms with Crippen molar-refractivity contribution in [2.24, 2.45) is 29.6 Å². The van der Waals surface area contributed by atoms with Crippen LogP contribution >= 0.6 is 0 Å². The Morgan fingerprint density at radius 3 is 2.39 bits per heavy atom. The maximum atomic E-state index is 13.1. The van der Waals surface area contributed by atoms with Crippen molar-refractivity contribution in [3.63, 3.8) is 0 Å². The van der Waals surface area contributed by atoms with Gasteiger partial charge in [-0.1, -0.05) is 0 Å². The molecule has 4 bridgehead atoms. The van der Waals surface area contributed by atoms with Crippen molar-refractivity contribution in [1.82, 2.24) is 9.88 Å². The Morgan fingerprint density at radius 2 is 1.75 bits per heavy atom. The Kier molecular flexibility index (Phi) is 4.82. The number of nitrogens with one attached hydrogen (secondary N) is 1. The van der Waals surface area contributed by atoms with Crippen molar-refractivity contribution in [1.29, 1.82) is 0 Å². The van der Waals surface area contributed by atoms with Gasteiger partial charge in [0.15, 0.2) is 5.43 Å². The summed E-state index contributed by atoms with van der Waals surface area (Å²) in [6.45, 7) is 4.43. The van der Waals surface area contributed by atoms with Gasteiger partial charge in [-0.05, 0) is 81.5 Å². The van der Waals surface area contributed by atoms with Crippen LogP contribution in [0, 0.1) is 36.5 Å². The summed E-state index contributed by atoms with van der Waals surface area (Å²) in [5, 5.41) is 3.30. The zero-order chi connectivity index (χ0) is 19.3. The van der Waals surface area contributed by atoms with Crippen molar-refractivity contribution in [2.45, 2.75) is 64.5 Å². The average molecular weight is 385 g/mol. The van der Waals surface area contributed by atoms with E-state index in [0.29, 0.717) is 23.3 Å². The van der Waals surface area contributed by atoms with Gasteiger partial charge in [-0.25, -0.2) is 0 Å². The van der Waals surface area contributed by atoms with Gasteiger partial charge in [0.1, 0.15) is 5.56 Å². The van der Waals surface area contributed by atoms with E-state index in [1.165, 1.54) is 32.1 Å². The summed E-state index contributed by atoms with van der Waals surface area (Å²) in [7, 11) is 0. The summed E-state index contributed by atoms with van der Waals surface area (Å²) >= 11 is 0. The first kappa shape index (κ1) is 18.4. The Hall–Kier alpha value is -1.62. The van der Waals surface area contributed by atoms with Crippen molar-refractivity contribution >= 4 is 5.91 Å². The molecular weight excluding hydrogens is 352 g/mol. The number of rotatable bonds is 4. The summed E-state index contributed by atoms with van der Waals surface area (Å²) in [6.07, 6.45) is 10.3. The molecule has 0 aromatic carbocycles. The summed E-state index contributed by atoms with van der Waals surface area (Å²) in [5.41, 5.74) is 1.09. The van der Waals surface area contributed by atoms with Gasteiger partial charge in [0.2, 0.25) is 0 Å². The van der Waals surface area contributed by atoms with E-state index in [9.17, 15) is 9.59 Å². The van der Waals surface area contributed by atoms with E-state index in [1.807, 2.05) is 6.92 Å². The normalized spacial score (nSPS) is 34.5.